The van der Waals surface area contributed by atoms with E-state index in [0.717, 1.165) is 42.8 Å². The number of likely N-dealkylation sites (tertiary alicyclic amines) is 1. The number of hydrogen-bond donors (Lipinski definition) is 4. The molecule has 2 aromatic rings. The van der Waals surface area contributed by atoms with Crippen LogP contribution < -0.4 is 5.56 Å². The maximum absolute atomic E-state index is 12.2. The predicted molar refractivity (Wildman–Crippen MR) is 115 cm³/mol. The van der Waals surface area contributed by atoms with E-state index in [4.69, 9.17) is 15.0 Å². The van der Waals surface area contributed by atoms with Crippen LogP contribution in [0.25, 0.3) is 10.9 Å². The van der Waals surface area contributed by atoms with E-state index in [9.17, 15) is 23.1 Å². The number of alkyl halides is 3. The van der Waals surface area contributed by atoms with Crippen LogP contribution in [0.5, 0.6) is 0 Å². The summed E-state index contributed by atoms with van der Waals surface area (Å²) in [7, 11) is 0. The van der Waals surface area contributed by atoms with Gasteiger partial charge in [-0.1, -0.05) is 12.1 Å². The minimum absolute atomic E-state index is 0.0721. The molecule has 3 rings (SSSR count). The fourth-order valence-electron chi connectivity index (χ4n) is 3.23. The Morgan fingerprint density at radius 2 is 1.97 bits per heavy atom. The van der Waals surface area contributed by atoms with Crippen LogP contribution in [-0.2, 0) is 10.5 Å². The first-order valence-corrected chi connectivity index (χ1v) is 11.0. The number of thioether (sulfide) groups is 1. The Morgan fingerprint density at radius 1 is 1.34 bits per heavy atom. The second kappa shape index (κ2) is 11.6. The molecule has 0 spiro atoms. The van der Waals surface area contributed by atoms with Crippen LogP contribution in [0.3, 0.4) is 0 Å². The molecule has 4 N–H and O–H groups in total. The van der Waals surface area contributed by atoms with Crippen LogP contribution in [0, 0.1) is 6.92 Å². The summed E-state index contributed by atoms with van der Waals surface area (Å²) in [5.41, 5.74) is 1.73. The smallest absolute Gasteiger partial charge is 0.475 e. The molecule has 178 valence electrons. The number of carbonyl (C=O) groups is 1. The number of rotatable bonds is 6. The highest BCUT2D eigenvalue weighted by Crippen LogP contribution is 2.26. The molecular weight excluding hydrogens is 451 g/mol. The number of hydrogen-bond acceptors (Lipinski definition) is 7. The lowest BCUT2D eigenvalue weighted by Gasteiger charge is -2.32. The monoisotopic (exact) mass is 477 g/mol. The average molecular weight is 478 g/mol. The third-order valence-corrected chi connectivity index (χ3v) is 6.28. The van der Waals surface area contributed by atoms with Crippen LogP contribution in [0.4, 0.5) is 13.2 Å². The van der Waals surface area contributed by atoms with Gasteiger partial charge in [-0.3, -0.25) is 4.79 Å². The van der Waals surface area contributed by atoms with Crippen LogP contribution in [-0.4, -0.2) is 79.9 Å². The van der Waals surface area contributed by atoms with E-state index in [-0.39, 0.29) is 12.2 Å². The lowest BCUT2D eigenvalue weighted by atomic mass is 10.1. The summed E-state index contributed by atoms with van der Waals surface area (Å²) >= 11 is 1.83. The van der Waals surface area contributed by atoms with Crippen molar-refractivity contribution in [3.8, 4) is 0 Å². The SMILES string of the molecule is Cc1cccc2c(=O)[nH]c(CSC3CCN(CC(O)CO)CC3)nc12.O=C(O)C(F)(F)F. The summed E-state index contributed by atoms with van der Waals surface area (Å²) in [5.74, 6) is -1.33. The zero-order chi connectivity index (χ0) is 23.9. The van der Waals surface area contributed by atoms with Gasteiger partial charge in [0.05, 0.1) is 29.4 Å². The lowest BCUT2D eigenvalue weighted by molar-refractivity contribution is -0.192. The number of nitrogens with one attached hydrogen (secondary N) is 1. The van der Waals surface area contributed by atoms with Crippen molar-refractivity contribution in [1.82, 2.24) is 14.9 Å². The number of aliphatic hydroxyl groups is 2. The molecule has 1 saturated heterocycles. The minimum atomic E-state index is -5.08. The van der Waals surface area contributed by atoms with E-state index in [1.807, 2.05) is 36.9 Å². The number of piperidine rings is 1. The number of carboxylic acids is 1. The molecule has 1 aliphatic rings. The van der Waals surface area contributed by atoms with Crippen molar-refractivity contribution >= 4 is 28.6 Å². The quantitative estimate of drug-likeness (QED) is 0.497. The first kappa shape index (κ1) is 26.1. The third-order valence-electron chi connectivity index (χ3n) is 4.90. The van der Waals surface area contributed by atoms with E-state index in [2.05, 4.69) is 14.9 Å². The molecule has 1 unspecified atom stereocenters. The molecule has 2 heterocycles. The highest BCUT2D eigenvalue weighted by atomic mass is 32.2. The summed E-state index contributed by atoms with van der Waals surface area (Å²) in [6.07, 6.45) is -3.65. The highest BCUT2D eigenvalue weighted by molar-refractivity contribution is 7.99. The van der Waals surface area contributed by atoms with Crippen molar-refractivity contribution in [3.63, 3.8) is 0 Å². The Kier molecular flexibility index (Phi) is 9.49. The normalized spacial score (nSPS) is 16.4. The molecule has 12 heteroatoms. The predicted octanol–water partition coefficient (Wildman–Crippen LogP) is 1.92. The van der Waals surface area contributed by atoms with Gasteiger partial charge < -0.3 is 25.2 Å². The summed E-state index contributed by atoms with van der Waals surface area (Å²) in [6, 6.07) is 5.66. The molecule has 1 aromatic carbocycles. The number of halogens is 3. The van der Waals surface area contributed by atoms with Gasteiger partial charge >= 0.3 is 12.1 Å². The summed E-state index contributed by atoms with van der Waals surface area (Å²) in [6.45, 7) is 4.18. The van der Waals surface area contributed by atoms with Gasteiger partial charge in [0.2, 0.25) is 0 Å². The molecular formula is C20H26F3N3O5S. The molecule has 1 fully saturated rings. The van der Waals surface area contributed by atoms with Gasteiger partial charge in [-0.05, 0) is 44.5 Å². The largest absolute Gasteiger partial charge is 0.490 e. The average Bonchev–Trinajstić information content (AvgIpc) is 2.73. The second-order valence-electron chi connectivity index (χ2n) is 7.43. The van der Waals surface area contributed by atoms with Gasteiger partial charge in [-0.15, -0.1) is 0 Å². The van der Waals surface area contributed by atoms with Crippen molar-refractivity contribution in [3.05, 3.63) is 39.9 Å². The number of aliphatic carboxylic acids is 1. The van der Waals surface area contributed by atoms with Crippen molar-refractivity contribution in [2.75, 3.05) is 26.2 Å². The maximum atomic E-state index is 12.2. The number of para-hydroxylation sites is 1. The topological polar surface area (TPSA) is 127 Å². The first-order valence-electron chi connectivity index (χ1n) is 9.92. The number of fused-ring (bicyclic) bond motifs is 1. The van der Waals surface area contributed by atoms with E-state index in [1.165, 1.54) is 0 Å². The third kappa shape index (κ3) is 7.76. The van der Waals surface area contributed by atoms with Gasteiger partial charge in [0.25, 0.3) is 5.56 Å². The minimum Gasteiger partial charge on any atom is -0.475 e. The Hall–Kier alpha value is -2.15. The molecule has 0 amide bonds. The van der Waals surface area contributed by atoms with Gasteiger partial charge in [0.15, 0.2) is 0 Å². The highest BCUT2D eigenvalue weighted by Gasteiger charge is 2.38. The standard InChI is InChI=1S/C18H25N3O3S.C2HF3O2/c1-12-3-2-4-15-17(12)19-16(20-18(15)24)11-25-14-5-7-21(8-6-14)9-13(23)10-22;3-2(4,5)1(6)7/h2-4,13-14,22-23H,5-11H2,1H3,(H,19,20,24);(H,6,7). The van der Waals surface area contributed by atoms with Crippen LogP contribution >= 0.6 is 11.8 Å². The molecule has 0 saturated carbocycles. The van der Waals surface area contributed by atoms with Crippen LogP contribution in [0.2, 0.25) is 0 Å². The summed E-state index contributed by atoms with van der Waals surface area (Å²) < 4.78 is 31.7. The summed E-state index contributed by atoms with van der Waals surface area (Å²) in [5, 5.41) is 26.7. The van der Waals surface area contributed by atoms with Crippen molar-refractivity contribution in [2.24, 2.45) is 0 Å². The Bertz CT molecular complexity index is 962. The zero-order valence-corrected chi connectivity index (χ0v) is 18.2. The second-order valence-corrected chi connectivity index (χ2v) is 8.72. The van der Waals surface area contributed by atoms with E-state index < -0.39 is 18.2 Å². The number of carboxylic acid groups (broad SMARTS) is 1. The molecule has 32 heavy (non-hydrogen) atoms. The van der Waals surface area contributed by atoms with E-state index in [1.54, 1.807) is 0 Å². The summed E-state index contributed by atoms with van der Waals surface area (Å²) in [4.78, 5) is 30.8. The fraction of sp³-hybridized carbons (Fsp3) is 0.550. The molecule has 1 aromatic heterocycles. The number of benzene rings is 1. The zero-order valence-electron chi connectivity index (χ0n) is 17.4. The molecule has 1 atom stereocenters. The van der Waals surface area contributed by atoms with Gasteiger partial charge in [-0.2, -0.15) is 24.9 Å². The van der Waals surface area contributed by atoms with Gasteiger partial charge in [0, 0.05) is 11.8 Å². The number of aliphatic hydroxyl groups excluding tert-OH is 2. The molecule has 0 aliphatic carbocycles. The van der Waals surface area contributed by atoms with Crippen molar-refractivity contribution in [2.45, 2.75) is 43.0 Å². The van der Waals surface area contributed by atoms with E-state index in [0.29, 0.717) is 22.9 Å². The van der Waals surface area contributed by atoms with Crippen LogP contribution in [0.1, 0.15) is 24.2 Å². The Labute approximate surface area is 186 Å². The molecule has 0 bridgehead atoms. The Balaban J connectivity index is 0.000000451. The van der Waals surface area contributed by atoms with E-state index >= 15 is 0 Å². The lowest BCUT2D eigenvalue weighted by Crippen LogP contribution is -2.40. The van der Waals surface area contributed by atoms with Crippen molar-refractivity contribution in [1.29, 1.82) is 0 Å². The number of aromatic amines is 1. The number of β-amino-alcohol motifs (C(OH)–C–C–N with tert-alkyl or cyclic N) is 1. The Morgan fingerprint density at radius 3 is 2.53 bits per heavy atom. The maximum Gasteiger partial charge on any atom is 0.490 e. The number of H-pyrrole nitrogens is 1. The van der Waals surface area contributed by atoms with Gasteiger partial charge in [-0.25, -0.2) is 9.78 Å². The molecule has 0 radical (unpaired) electrons. The van der Waals surface area contributed by atoms with Crippen LogP contribution in [0.15, 0.2) is 23.0 Å². The number of aromatic nitrogens is 2. The fourth-order valence-corrected chi connectivity index (χ4v) is 4.31. The molecule has 1 aliphatic heterocycles. The van der Waals surface area contributed by atoms with Crippen molar-refractivity contribution < 1.29 is 33.3 Å². The number of nitrogens with zero attached hydrogens (tertiary/aromatic N) is 2. The van der Waals surface area contributed by atoms with Gasteiger partial charge in [0.1, 0.15) is 5.82 Å². The number of aryl methyl sites for hydroxylation is 1. The first-order chi connectivity index (χ1) is 15.0. The molecule has 8 nitrogen and oxygen atoms in total.